The highest BCUT2D eigenvalue weighted by Gasteiger charge is 2.47. The molecule has 2 saturated carbocycles. The lowest BCUT2D eigenvalue weighted by Gasteiger charge is -2.41. The lowest BCUT2D eigenvalue weighted by Crippen LogP contribution is -2.44. The summed E-state index contributed by atoms with van der Waals surface area (Å²) < 4.78 is 0. The average Bonchev–Trinajstić information content (AvgIpc) is 3.68. The van der Waals surface area contributed by atoms with Gasteiger partial charge in [0.15, 0.2) is 0 Å². The third-order valence-corrected chi connectivity index (χ3v) is 7.87. The first-order chi connectivity index (χ1) is 17.2. The third kappa shape index (κ3) is 6.07. The van der Waals surface area contributed by atoms with Crippen molar-refractivity contribution in [2.75, 3.05) is 0 Å². The second-order valence-electron chi connectivity index (χ2n) is 11.3. The van der Waals surface area contributed by atoms with Crippen molar-refractivity contribution < 1.29 is 9.59 Å². The molecule has 0 saturated heterocycles. The molecular weight excluding hydrogens is 450 g/mol. The van der Waals surface area contributed by atoms with Crippen molar-refractivity contribution in [2.45, 2.75) is 71.4 Å². The Morgan fingerprint density at radius 3 is 2.22 bits per heavy atom. The molecular formula is C29H37N5O2. The Labute approximate surface area is 213 Å². The zero-order valence-electron chi connectivity index (χ0n) is 21.5. The number of hydrogen-bond donors (Lipinski definition) is 2. The number of carbonyl (C=O) groups excluding carboxylic acids is 2. The molecule has 7 heteroatoms. The van der Waals surface area contributed by atoms with Crippen LogP contribution >= 0.6 is 0 Å². The summed E-state index contributed by atoms with van der Waals surface area (Å²) >= 11 is 0. The molecule has 2 atom stereocenters. The topological polar surface area (TPSA) is 112 Å². The molecule has 2 fully saturated rings. The van der Waals surface area contributed by atoms with Gasteiger partial charge >= 0.3 is 0 Å². The highest BCUT2D eigenvalue weighted by atomic mass is 16.2. The molecule has 2 unspecified atom stereocenters. The number of aliphatic imine (C=N–C) groups is 1. The fourth-order valence-corrected chi connectivity index (χ4v) is 5.53. The first-order valence-electron chi connectivity index (χ1n) is 12.9. The van der Waals surface area contributed by atoms with Crippen LogP contribution in [0, 0.1) is 22.8 Å². The number of nitrogens with one attached hydrogen (secondary N) is 1. The Balaban J connectivity index is 1.50. The number of hydrogen-bond acceptors (Lipinski definition) is 3. The van der Waals surface area contributed by atoms with Crippen LogP contribution in [-0.4, -0.2) is 28.7 Å². The average molecular weight is 488 g/mol. The Kier molecular flexibility index (Phi) is 7.67. The summed E-state index contributed by atoms with van der Waals surface area (Å²) in [5, 5.41) is 2.97. The number of amides is 2. The Bertz CT molecular complexity index is 1110. The van der Waals surface area contributed by atoms with Crippen LogP contribution < -0.4 is 5.73 Å². The van der Waals surface area contributed by atoms with E-state index in [2.05, 4.69) is 47.9 Å². The lowest BCUT2D eigenvalue weighted by molar-refractivity contribution is -0.137. The van der Waals surface area contributed by atoms with Crippen molar-refractivity contribution in [3.63, 3.8) is 0 Å². The molecule has 3 N–H and O–H groups in total. The molecule has 190 valence electrons. The number of carbonyl (C=O) groups is 2. The molecule has 2 aromatic carbocycles. The molecule has 2 amide bonds. The third-order valence-electron chi connectivity index (χ3n) is 7.87. The molecule has 4 rings (SSSR count). The minimum atomic E-state index is -0.535. The van der Waals surface area contributed by atoms with E-state index in [0.717, 1.165) is 37.7 Å². The van der Waals surface area contributed by atoms with E-state index >= 15 is 0 Å². The minimum absolute atomic E-state index is 0.0412. The Hall–Kier alpha value is -3.35. The van der Waals surface area contributed by atoms with Crippen LogP contribution in [0.15, 0.2) is 64.7 Å². The normalized spacial score (nSPS) is 24.1. The number of benzene rings is 2. The predicted molar refractivity (Wildman–Crippen MR) is 141 cm³/mol. The van der Waals surface area contributed by atoms with Gasteiger partial charge in [-0.15, -0.1) is 5.11 Å². The highest BCUT2D eigenvalue weighted by molar-refractivity contribution is 6.02. The zero-order chi connectivity index (χ0) is 25.9. The van der Waals surface area contributed by atoms with Crippen LogP contribution in [0.2, 0.25) is 0 Å². The maximum absolute atomic E-state index is 13.8. The maximum Gasteiger partial charge on any atom is 0.280 e. The lowest BCUT2D eigenvalue weighted by atomic mass is 9.71. The number of nitrogens with two attached hydrogens (primary N) is 1. The fourth-order valence-electron chi connectivity index (χ4n) is 5.53. The predicted octanol–water partition coefficient (Wildman–Crippen LogP) is 5.91. The fraction of sp³-hybridized carbons (Fsp3) is 0.483. The van der Waals surface area contributed by atoms with E-state index in [1.807, 2.05) is 30.3 Å². The van der Waals surface area contributed by atoms with Crippen molar-refractivity contribution in [3.8, 4) is 0 Å². The van der Waals surface area contributed by atoms with Gasteiger partial charge in [-0.2, -0.15) is 4.99 Å². The van der Waals surface area contributed by atoms with Crippen LogP contribution in [0.25, 0.3) is 0 Å². The monoisotopic (exact) mass is 487 g/mol. The van der Waals surface area contributed by atoms with E-state index in [0.29, 0.717) is 23.9 Å². The molecule has 2 aliphatic rings. The summed E-state index contributed by atoms with van der Waals surface area (Å²) in [6, 6.07) is 17.7. The summed E-state index contributed by atoms with van der Waals surface area (Å²) in [5.74, 6) is 0.365. The van der Waals surface area contributed by atoms with Crippen LogP contribution in [0.3, 0.4) is 0 Å². The summed E-state index contributed by atoms with van der Waals surface area (Å²) in [6.45, 7) is 7.47. The molecule has 0 bridgehead atoms. The van der Waals surface area contributed by atoms with Gasteiger partial charge in [0.05, 0.1) is 0 Å². The molecule has 2 aromatic rings. The number of rotatable bonds is 6. The van der Waals surface area contributed by atoms with Gasteiger partial charge < -0.3 is 10.6 Å². The van der Waals surface area contributed by atoms with E-state index in [1.54, 1.807) is 12.1 Å². The second-order valence-corrected chi connectivity index (χ2v) is 11.3. The van der Waals surface area contributed by atoms with Gasteiger partial charge in [-0.1, -0.05) is 63.2 Å². The number of guanidine groups is 1. The molecule has 7 nitrogen and oxygen atoms in total. The van der Waals surface area contributed by atoms with E-state index < -0.39 is 5.91 Å². The van der Waals surface area contributed by atoms with Crippen LogP contribution in [0.1, 0.15) is 80.3 Å². The standard InChI is InChI=1S/C29H37N5O2/c1-29(2,3)22-13-15-23(16-14-22)34(27(36)25-17-24(25)20-7-5-4-6-8-20)18-19-9-11-21(12-10-19)26(35)32-28(30)33-31/h4-12,22-25,31H,13-18H2,1-3H3,(H2,30,32,35). The molecule has 0 aromatic heterocycles. The van der Waals surface area contributed by atoms with Gasteiger partial charge in [-0.3, -0.25) is 9.59 Å². The SMILES string of the molecule is CC(C)(C)C1CCC(N(Cc2ccc(C(=O)N=C(N)N=N)cc2)C(=O)C2CC2c2ccccc2)CC1. The molecule has 2 aliphatic carbocycles. The van der Waals surface area contributed by atoms with E-state index in [4.69, 9.17) is 11.3 Å². The van der Waals surface area contributed by atoms with Crippen molar-refractivity contribution in [3.05, 3.63) is 71.3 Å². The summed E-state index contributed by atoms with van der Waals surface area (Å²) in [7, 11) is 0. The van der Waals surface area contributed by atoms with E-state index in [-0.39, 0.29) is 29.2 Å². The van der Waals surface area contributed by atoms with Crippen LogP contribution in [-0.2, 0) is 11.3 Å². The molecule has 0 aliphatic heterocycles. The Morgan fingerprint density at radius 2 is 1.64 bits per heavy atom. The first-order valence-corrected chi connectivity index (χ1v) is 12.9. The molecule has 36 heavy (non-hydrogen) atoms. The van der Waals surface area contributed by atoms with Crippen molar-refractivity contribution in [2.24, 2.45) is 33.1 Å². The largest absolute Gasteiger partial charge is 0.366 e. The van der Waals surface area contributed by atoms with Crippen molar-refractivity contribution in [1.29, 1.82) is 5.53 Å². The van der Waals surface area contributed by atoms with Gasteiger partial charge in [0, 0.05) is 24.1 Å². The highest BCUT2D eigenvalue weighted by Crippen LogP contribution is 2.49. The maximum atomic E-state index is 13.8. The van der Waals surface area contributed by atoms with E-state index in [9.17, 15) is 9.59 Å². The second kappa shape index (κ2) is 10.7. The van der Waals surface area contributed by atoms with Gasteiger partial charge in [0.2, 0.25) is 11.9 Å². The molecule has 0 radical (unpaired) electrons. The first kappa shape index (κ1) is 25.7. The summed E-state index contributed by atoms with van der Waals surface area (Å²) in [4.78, 5) is 31.7. The smallest absolute Gasteiger partial charge is 0.280 e. The quantitative estimate of drug-likeness (QED) is 0.300. The summed E-state index contributed by atoms with van der Waals surface area (Å²) in [5.41, 5.74) is 15.1. The van der Waals surface area contributed by atoms with Gasteiger partial charge in [-0.05, 0) is 72.6 Å². The minimum Gasteiger partial charge on any atom is -0.366 e. The Morgan fingerprint density at radius 1 is 1.00 bits per heavy atom. The van der Waals surface area contributed by atoms with E-state index in [1.165, 1.54) is 5.56 Å². The van der Waals surface area contributed by atoms with Crippen molar-refractivity contribution in [1.82, 2.24) is 4.90 Å². The van der Waals surface area contributed by atoms with Crippen LogP contribution in [0.4, 0.5) is 0 Å². The molecule has 0 heterocycles. The molecule has 0 spiro atoms. The van der Waals surface area contributed by atoms with Gasteiger partial charge in [-0.25, -0.2) is 5.53 Å². The number of nitrogens with zero attached hydrogens (tertiary/aromatic N) is 3. The zero-order valence-corrected chi connectivity index (χ0v) is 21.5. The van der Waals surface area contributed by atoms with Crippen molar-refractivity contribution >= 4 is 17.8 Å². The van der Waals surface area contributed by atoms with Gasteiger partial charge in [0.25, 0.3) is 5.91 Å². The van der Waals surface area contributed by atoms with Gasteiger partial charge in [0.1, 0.15) is 0 Å². The summed E-state index contributed by atoms with van der Waals surface area (Å²) in [6.07, 6.45) is 5.23. The van der Waals surface area contributed by atoms with Crippen LogP contribution in [0.5, 0.6) is 0 Å².